The summed E-state index contributed by atoms with van der Waals surface area (Å²) in [5.41, 5.74) is 0. The number of amides is 1. The fraction of sp³-hybridized carbons (Fsp3) is 0. The van der Waals surface area contributed by atoms with E-state index >= 15 is 0 Å². The summed E-state index contributed by atoms with van der Waals surface area (Å²) in [5.74, 6) is 0.626. The number of benzene rings is 1. The second kappa shape index (κ2) is 2.47. The normalized spacial score (nSPS) is 14.7. The zero-order chi connectivity index (χ0) is 7.68. The van der Waals surface area contributed by atoms with Crippen LogP contribution in [0.3, 0.4) is 0 Å². The summed E-state index contributed by atoms with van der Waals surface area (Å²) in [6, 6.07) is 7.38. The number of rotatable bonds is 0. The van der Waals surface area contributed by atoms with E-state index in [-0.39, 0.29) is 0 Å². The van der Waals surface area contributed by atoms with Crippen LogP contribution in [0.1, 0.15) is 0 Å². The van der Waals surface area contributed by atoms with Crippen molar-refractivity contribution in [3.05, 3.63) is 24.3 Å². The van der Waals surface area contributed by atoms with Crippen molar-refractivity contribution in [1.29, 1.82) is 0 Å². The van der Waals surface area contributed by atoms with Gasteiger partial charge in [0, 0.05) is 0 Å². The smallest absolute Gasteiger partial charge is 0.408 e. The number of ether oxygens (including phenoxy) is 1. The molecule has 0 unspecified atom stereocenters. The number of para-hydroxylation sites is 1. The molecule has 1 aliphatic heterocycles. The van der Waals surface area contributed by atoms with Gasteiger partial charge in [-0.1, -0.05) is 12.1 Å². The maximum absolute atomic E-state index is 10.7. The summed E-state index contributed by atoms with van der Waals surface area (Å²) in [5, 5.41) is 0. The Morgan fingerprint density at radius 1 is 1.36 bits per heavy atom. The monoisotopic (exact) mass is 167 g/mol. The van der Waals surface area contributed by atoms with Crippen molar-refractivity contribution in [2.45, 2.75) is 4.90 Å². The van der Waals surface area contributed by atoms with E-state index in [0.717, 1.165) is 4.90 Å². The molecule has 0 aromatic heterocycles. The minimum atomic E-state index is -0.409. The molecule has 1 aromatic carbocycles. The van der Waals surface area contributed by atoms with Gasteiger partial charge in [-0.2, -0.15) is 0 Å². The number of carbonyl (C=O) groups excluding carboxylic acids is 1. The van der Waals surface area contributed by atoms with Crippen LogP contribution in [0.5, 0.6) is 5.75 Å². The number of hydrogen-bond acceptors (Lipinski definition) is 3. The molecule has 0 bridgehead atoms. The number of nitrogens with one attached hydrogen (secondary N) is 1. The standard InChI is InChI=1S/C7H5NO2S/c9-7-8-11-6-4-2-1-3-5(6)10-7/h1-4H,(H,8,9). The van der Waals surface area contributed by atoms with Gasteiger partial charge < -0.3 is 4.74 Å². The summed E-state index contributed by atoms with van der Waals surface area (Å²) < 4.78 is 7.35. The van der Waals surface area contributed by atoms with Crippen LogP contribution in [0, 0.1) is 0 Å². The molecular formula is C7H5NO2S. The molecule has 0 atom stereocenters. The molecule has 1 aliphatic rings. The lowest BCUT2D eigenvalue weighted by Crippen LogP contribution is -2.24. The third kappa shape index (κ3) is 1.17. The molecule has 4 heteroatoms. The van der Waals surface area contributed by atoms with Crippen LogP contribution in [0.25, 0.3) is 0 Å². The highest BCUT2D eigenvalue weighted by Gasteiger charge is 2.15. The van der Waals surface area contributed by atoms with Gasteiger partial charge in [0.25, 0.3) is 0 Å². The Bertz CT molecular complexity index is 300. The Balaban J connectivity index is 2.41. The Labute approximate surface area is 67.9 Å². The predicted molar refractivity (Wildman–Crippen MR) is 41.5 cm³/mol. The zero-order valence-corrected chi connectivity index (χ0v) is 6.35. The van der Waals surface area contributed by atoms with Gasteiger partial charge >= 0.3 is 6.09 Å². The van der Waals surface area contributed by atoms with E-state index in [4.69, 9.17) is 4.74 Å². The molecule has 1 heterocycles. The lowest BCUT2D eigenvalue weighted by Gasteiger charge is -2.14. The van der Waals surface area contributed by atoms with E-state index in [9.17, 15) is 4.79 Å². The first kappa shape index (κ1) is 6.54. The van der Waals surface area contributed by atoms with Crippen LogP contribution in [0.2, 0.25) is 0 Å². The molecule has 0 saturated heterocycles. The minimum Gasteiger partial charge on any atom is -0.408 e. The van der Waals surface area contributed by atoms with Crippen LogP contribution in [0.4, 0.5) is 4.79 Å². The van der Waals surface area contributed by atoms with E-state index in [1.54, 1.807) is 6.07 Å². The fourth-order valence-electron chi connectivity index (χ4n) is 0.836. The summed E-state index contributed by atoms with van der Waals surface area (Å²) in [4.78, 5) is 11.6. The average Bonchev–Trinajstić information content (AvgIpc) is 2.04. The van der Waals surface area contributed by atoms with E-state index in [0.29, 0.717) is 5.75 Å². The summed E-state index contributed by atoms with van der Waals surface area (Å²) in [7, 11) is 0. The van der Waals surface area contributed by atoms with Gasteiger partial charge in [0.2, 0.25) is 0 Å². The van der Waals surface area contributed by atoms with Gasteiger partial charge in [-0.05, 0) is 24.1 Å². The lowest BCUT2D eigenvalue weighted by molar-refractivity contribution is 0.205. The van der Waals surface area contributed by atoms with Crippen LogP contribution in [0.15, 0.2) is 29.2 Å². The van der Waals surface area contributed by atoms with Crippen LogP contribution in [-0.2, 0) is 0 Å². The van der Waals surface area contributed by atoms with Crippen molar-refractivity contribution in [1.82, 2.24) is 4.72 Å². The van der Waals surface area contributed by atoms with Crippen molar-refractivity contribution in [2.75, 3.05) is 0 Å². The maximum atomic E-state index is 10.7. The number of fused-ring (bicyclic) bond motifs is 1. The molecule has 11 heavy (non-hydrogen) atoms. The van der Waals surface area contributed by atoms with E-state index in [2.05, 4.69) is 4.72 Å². The molecular weight excluding hydrogens is 162 g/mol. The van der Waals surface area contributed by atoms with Gasteiger partial charge in [0.05, 0.1) is 4.90 Å². The number of hydrogen-bond donors (Lipinski definition) is 1. The molecule has 1 N–H and O–H groups in total. The molecule has 0 aliphatic carbocycles. The molecule has 3 nitrogen and oxygen atoms in total. The number of carbonyl (C=O) groups is 1. The fourth-order valence-corrected chi connectivity index (χ4v) is 1.43. The molecule has 0 spiro atoms. The second-order valence-electron chi connectivity index (χ2n) is 2.04. The van der Waals surface area contributed by atoms with Crippen molar-refractivity contribution in [3.63, 3.8) is 0 Å². The molecule has 1 amide bonds. The topological polar surface area (TPSA) is 38.3 Å². The van der Waals surface area contributed by atoms with E-state index in [1.807, 2.05) is 18.2 Å². The molecule has 56 valence electrons. The van der Waals surface area contributed by atoms with Crippen LogP contribution in [-0.4, -0.2) is 6.09 Å². The van der Waals surface area contributed by atoms with Gasteiger partial charge in [-0.15, -0.1) is 0 Å². The molecule has 0 fully saturated rings. The SMILES string of the molecule is O=C1NSc2ccccc2O1. The van der Waals surface area contributed by atoms with Gasteiger partial charge in [0.15, 0.2) is 0 Å². The van der Waals surface area contributed by atoms with Gasteiger partial charge in [-0.25, -0.2) is 4.79 Å². The summed E-state index contributed by atoms with van der Waals surface area (Å²) in [6.45, 7) is 0. The van der Waals surface area contributed by atoms with Crippen LogP contribution >= 0.6 is 11.9 Å². The van der Waals surface area contributed by atoms with E-state index in [1.165, 1.54) is 11.9 Å². The molecule has 2 rings (SSSR count). The second-order valence-corrected chi connectivity index (χ2v) is 2.89. The van der Waals surface area contributed by atoms with Crippen LogP contribution < -0.4 is 9.46 Å². The van der Waals surface area contributed by atoms with Crippen molar-refractivity contribution >= 4 is 18.0 Å². The van der Waals surface area contributed by atoms with Crippen molar-refractivity contribution in [3.8, 4) is 5.75 Å². The van der Waals surface area contributed by atoms with Crippen molar-refractivity contribution < 1.29 is 9.53 Å². The summed E-state index contributed by atoms with van der Waals surface area (Å²) >= 11 is 1.27. The average molecular weight is 167 g/mol. The first-order valence-corrected chi connectivity index (χ1v) is 3.91. The zero-order valence-electron chi connectivity index (χ0n) is 5.53. The quantitative estimate of drug-likeness (QED) is 0.599. The lowest BCUT2D eigenvalue weighted by atomic mass is 10.3. The van der Waals surface area contributed by atoms with Crippen molar-refractivity contribution in [2.24, 2.45) is 0 Å². The Hall–Kier alpha value is -1.16. The molecule has 0 saturated carbocycles. The third-order valence-electron chi connectivity index (χ3n) is 1.30. The first-order chi connectivity index (χ1) is 5.36. The van der Waals surface area contributed by atoms with Gasteiger partial charge in [-0.3, -0.25) is 4.72 Å². The molecule has 1 aromatic rings. The van der Waals surface area contributed by atoms with Gasteiger partial charge in [0.1, 0.15) is 5.75 Å². The highest BCUT2D eigenvalue weighted by molar-refractivity contribution is 7.98. The van der Waals surface area contributed by atoms with E-state index < -0.39 is 6.09 Å². The predicted octanol–water partition coefficient (Wildman–Crippen LogP) is 1.80. The largest absolute Gasteiger partial charge is 0.422 e. The molecule has 0 radical (unpaired) electrons. The Kier molecular flexibility index (Phi) is 1.47. The highest BCUT2D eigenvalue weighted by Crippen LogP contribution is 2.30. The Morgan fingerprint density at radius 3 is 3.09 bits per heavy atom. The minimum absolute atomic E-state index is 0.409. The highest BCUT2D eigenvalue weighted by atomic mass is 32.2. The summed E-state index contributed by atoms with van der Waals surface area (Å²) in [6.07, 6.45) is -0.409. The third-order valence-corrected chi connectivity index (χ3v) is 2.12. The first-order valence-electron chi connectivity index (χ1n) is 3.10. The maximum Gasteiger partial charge on any atom is 0.422 e. The Morgan fingerprint density at radius 2 is 2.18 bits per heavy atom.